The van der Waals surface area contributed by atoms with Crippen LogP contribution >= 0.6 is 11.6 Å². The highest BCUT2D eigenvalue weighted by atomic mass is 35.5. The number of ether oxygens (including phenoxy) is 2. The van der Waals surface area contributed by atoms with Crippen molar-refractivity contribution in [1.82, 2.24) is 10.2 Å². The summed E-state index contributed by atoms with van der Waals surface area (Å²) in [6.07, 6.45) is 0.662. The van der Waals surface area contributed by atoms with Gasteiger partial charge in [0.25, 0.3) is 5.91 Å². The van der Waals surface area contributed by atoms with Gasteiger partial charge < -0.3 is 19.7 Å². The van der Waals surface area contributed by atoms with Gasteiger partial charge in [0.15, 0.2) is 6.10 Å². The summed E-state index contributed by atoms with van der Waals surface area (Å²) in [7, 11) is 0. The lowest BCUT2D eigenvalue weighted by atomic mass is 10.2. The van der Waals surface area contributed by atoms with Crippen molar-refractivity contribution < 1.29 is 19.1 Å². The number of rotatable bonds is 5. The molecule has 1 aromatic carbocycles. The summed E-state index contributed by atoms with van der Waals surface area (Å²) in [5.74, 6) is 0.506. The molecule has 0 unspecified atom stereocenters. The Kier molecular flexibility index (Phi) is 6.75. The first-order valence-electron chi connectivity index (χ1n) is 8.85. The van der Waals surface area contributed by atoms with Gasteiger partial charge in [0.2, 0.25) is 0 Å². The molecule has 0 bridgehead atoms. The van der Waals surface area contributed by atoms with E-state index in [0.29, 0.717) is 23.9 Å². The van der Waals surface area contributed by atoms with E-state index in [0.717, 1.165) is 12.8 Å². The van der Waals surface area contributed by atoms with Crippen molar-refractivity contribution in [3.8, 4) is 5.75 Å². The maximum atomic E-state index is 12.7. The molecule has 26 heavy (non-hydrogen) atoms. The van der Waals surface area contributed by atoms with E-state index in [1.807, 2.05) is 20.8 Å². The Morgan fingerprint density at radius 3 is 2.58 bits per heavy atom. The molecule has 6 nitrogen and oxygen atoms in total. The number of nitrogens with one attached hydrogen (secondary N) is 1. The molecule has 1 aromatic rings. The SMILES string of the molecule is C[C@H](Oc1ccc(Cl)cc1)C(=O)N1CCC[C@H]1CNC(=O)OC(C)(C)C. The molecule has 1 aliphatic heterocycles. The van der Waals surface area contributed by atoms with Crippen LogP contribution in [-0.4, -0.2) is 47.7 Å². The summed E-state index contributed by atoms with van der Waals surface area (Å²) in [6.45, 7) is 8.20. The van der Waals surface area contributed by atoms with Crippen LogP contribution in [0.15, 0.2) is 24.3 Å². The summed E-state index contributed by atoms with van der Waals surface area (Å²) in [6, 6.07) is 6.86. The second-order valence-corrected chi connectivity index (χ2v) is 7.86. The van der Waals surface area contributed by atoms with Gasteiger partial charge in [0, 0.05) is 24.2 Å². The zero-order chi connectivity index (χ0) is 19.3. The van der Waals surface area contributed by atoms with E-state index in [4.69, 9.17) is 21.1 Å². The minimum atomic E-state index is -0.613. The smallest absolute Gasteiger partial charge is 0.407 e. The molecule has 0 spiro atoms. The molecular formula is C19H27ClN2O4. The van der Waals surface area contributed by atoms with Gasteiger partial charge in [-0.15, -0.1) is 0 Å². The van der Waals surface area contributed by atoms with E-state index in [9.17, 15) is 9.59 Å². The van der Waals surface area contributed by atoms with Crippen LogP contribution < -0.4 is 10.1 Å². The van der Waals surface area contributed by atoms with Crippen molar-refractivity contribution in [2.24, 2.45) is 0 Å². The number of carbonyl (C=O) groups is 2. The fourth-order valence-corrected chi connectivity index (χ4v) is 2.98. The summed E-state index contributed by atoms with van der Waals surface area (Å²) in [5, 5.41) is 3.37. The minimum Gasteiger partial charge on any atom is -0.481 e. The number of amides is 2. The molecular weight excluding hydrogens is 356 g/mol. The Hall–Kier alpha value is -1.95. The van der Waals surface area contributed by atoms with E-state index in [1.54, 1.807) is 36.1 Å². The van der Waals surface area contributed by atoms with Crippen LogP contribution in [0.4, 0.5) is 4.79 Å². The molecule has 2 atom stereocenters. The summed E-state index contributed by atoms with van der Waals surface area (Å²) >= 11 is 5.86. The molecule has 0 aliphatic carbocycles. The van der Waals surface area contributed by atoms with Crippen molar-refractivity contribution in [3.05, 3.63) is 29.3 Å². The third-order valence-electron chi connectivity index (χ3n) is 4.02. The maximum Gasteiger partial charge on any atom is 0.407 e. The quantitative estimate of drug-likeness (QED) is 0.844. The van der Waals surface area contributed by atoms with Crippen LogP contribution in [0.5, 0.6) is 5.75 Å². The van der Waals surface area contributed by atoms with E-state index < -0.39 is 17.8 Å². The van der Waals surface area contributed by atoms with E-state index in [1.165, 1.54) is 0 Å². The van der Waals surface area contributed by atoms with Crippen LogP contribution in [0.1, 0.15) is 40.5 Å². The van der Waals surface area contributed by atoms with Crippen LogP contribution in [0.25, 0.3) is 0 Å². The number of benzene rings is 1. The highest BCUT2D eigenvalue weighted by molar-refractivity contribution is 6.30. The molecule has 1 heterocycles. The number of nitrogens with zero attached hydrogens (tertiary/aromatic N) is 1. The van der Waals surface area contributed by atoms with Crippen LogP contribution in [0.3, 0.4) is 0 Å². The zero-order valence-electron chi connectivity index (χ0n) is 15.8. The topological polar surface area (TPSA) is 67.9 Å². The van der Waals surface area contributed by atoms with Gasteiger partial charge in [-0.2, -0.15) is 0 Å². The van der Waals surface area contributed by atoms with Gasteiger partial charge in [-0.05, 0) is 64.8 Å². The van der Waals surface area contributed by atoms with Gasteiger partial charge in [0.1, 0.15) is 11.4 Å². The molecule has 1 saturated heterocycles. The third-order valence-corrected chi connectivity index (χ3v) is 4.27. The van der Waals surface area contributed by atoms with Gasteiger partial charge in [-0.25, -0.2) is 4.79 Å². The first-order valence-corrected chi connectivity index (χ1v) is 9.23. The van der Waals surface area contributed by atoms with E-state index in [2.05, 4.69) is 5.32 Å². The number of alkyl carbamates (subject to hydrolysis) is 1. The first-order chi connectivity index (χ1) is 12.2. The molecule has 0 radical (unpaired) electrons. The van der Waals surface area contributed by atoms with Crippen LogP contribution in [-0.2, 0) is 9.53 Å². The Balaban J connectivity index is 1.88. The highest BCUT2D eigenvalue weighted by Crippen LogP contribution is 2.21. The average Bonchev–Trinajstić information content (AvgIpc) is 3.01. The standard InChI is InChI=1S/C19H27ClN2O4/c1-13(25-16-9-7-14(20)8-10-16)17(23)22-11-5-6-15(22)12-21-18(24)26-19(2,3)4/h7-10,13,15H,5-6,11-12H2,1-4H3,(H,21,24)/t13-,15-/m0/s1. The Labute approximate surface area is 159 Å². The van der Waals surface area contributed by atoms with Gasteiger partial charge >= 0.3 is 6.09 Å². The molecule has 144 valence electrons. The monoisotopic (exact) mass is 382 g/mol. The van der Waals surface area contributed by atoms with Crippen LogP contribution in [0, 0.1) is 0 Å². The fourth-order valence-electron chi connectivity index (χ4n) is 2.85. The van der Waals surface area contributed by atoms with Crippen LogP contribution in [0.2, 0.25) is 5.02 Å². The molecule has 0 saturated carbocycles. The highest BCUT2D eigenvalue weighted by Gasteiger charge is 2.32. The Morgan fingerprint density at radius 2 is 1.96 bits per heavy atom. The first kappa shape index (κ1) is 20.4. The summed E-state index contributed by atoms with van der Waals surface area (Å²) in [4.78, 5) is 26.3. The fraction of sp³-hybridized carbons (Fsp3) is 0.579. The lowest BCUT2D eigenvalue weighted by Gasteiger charge is -2.28. The van der Waals surface area contributed by atoms with Crippen molar-refractivity contribution in [2.45, 2.75) is 58.3 Å². The minimum absolute atomic E-state index is 0.0497. The number of hydrogen-bond acceptors (Lipinski definition) is 4. The molecule has 0 aromatic heterocycles. The molecule has 7 heteroatoms. The molecule has 2 amide bonds. The number of halogens is 1. The second-order valence-electron chi connectivity index (χ2n) is 7.42. The van der Waals surface area contributed by atoms with Gasteiger partial charge in [-0.3, -0.25) is 4.79 Å². The Bertz CT molecular complexity index is 627. The Morgan fingerprint density at radius 1 is 1.31 bits per heavy atom. The normalized spacial score (nSPS) is 18.3. The molecule has 2 rings (SSSR count). The maximum absolute atomic E-state index is 12.7. The van der Waals surface area contributed by atoms with Crippen molar-refractivity contribution in [2.75, 3.05) is 13.1 Å². The van der Waals surface area contributed by atoms with Gasteiger partial charge in [0.05, 0.1) is 0 Å². The molecule has 1 N–H and O–H groups in total. The zero-order valence-corrected chi connectivity index (χ0v) is 16.5. The van der Waals surface area contributed by atoms with E-state index >= 15 is 0 Å². The molecule has 1 aliphatic rings. The predicted octanol–water partition coefficient (Wildman–Crippen LogP) is 3.62. The number of hydrogen-bond donors (Lipinski definition) is 1. The summed E-state index contributed by atoms with van der Waals surface area (Å²) < 4.78 is 11.0. The summed E-state index contributed by atoms with van der Waals surface area (Å²) in [5.41, 5.74) is -0.545. The number of carbonyl (C=O) groups excluding carboxylic acids is 2. The number of likely N-dealkylation sites (tertiary alicyclic amines) is 1. The van der Waals surface area contributed by atoms with Gasteiger partial charge in [-0.1, -0.05) is 11.6 Å². The van der Waals surface area contributed by atoms with Crippen molar-refractivity contribution in [1.29, 1.82) is 0 Å². The second kappa shape index (κ2) is 8.62. The lowest BCUT2D eigenvalue weighted by molar-refractivity contribution is -0.138. The predicted molar refractivity (Wildman–Crippen MR) is 101 cm³/mol. The lowest BCUT2D eigenvalue weighted by Crippen LogP contribution is -2.48. The third kappa shape index (κ3) is 6.09. The van der Waals surface area contributed by atoms with Crippen molar-refractivity contribution in [3.63, 3.8) is 0 Å². The largest absolute Gasteiger partial charge is 0.481 e. The van der Waals surface area contributed by atoms with Crippen molar-refractivity contribution >= 4 is 23.6 Å². The van der Waals surface area contributed by atoms with E-state index in [-0.39, 0.29) is 11.9 Å². The molecule has 1 fully saturated rings. The average molecular weight is 383 g/mol.